The van der Waals surface area contributed by atoms with Crippen LogP contribution in [0.2, 0.25) is 0 Å². The van der Waals surface area contributed by atoms with Crippen molar-refractivity contribution in [2.24, 2.45) is 0 Å². The largest absolute Gasteiger partial charge is 0.466 e. The maximum absolute atomic E-state index is 12.4. The van der Waals surface area contributed by atoms with Crippen molar-refractivity contribution in [3.05, 3.63) is 24.3 Å². The molecule has 66 heavy (non-hydrogen) atoms. The van der Waals surface area contributed by atoms with E-state index in [0.717, 1.165) is 51.4 Å². The second-order valence-electron chi connectivity index (χ2n) is 20.3. The van der Waals surface area contributed by atoms with Gasteiger partial charge in [0.25, 0.3) is 0 Å². The summed E-state index contributed by atoms with van der Waals surface area (Å²) in [6, 6.07) is -0.538. The maximum atomic E-state index is 12.4. The van der Waals surface area contributed by atoms with E-state index in [0.29, 0.717) is 25.9 Å². The molecule has 2 atom stereocenters. The number of allylic oxidation sites excluding steroid dienone is 4. The molecule has 0 bridgehead atoms. The van der Waals surface area contributed by atoms with Gasteiger partial charge < -0.3 is 20.3 Å². The Morgan fingerprint density at radius 3 is 1.18 bits per heavy atom. The molecule has 1 amide bonds. The van der Waals surface area contributed by atoms with Crippen molar-refractivity contribution in [2.75, 3.05) is 13.2 Å². The Morgan fingerprint density at radius 1 is 0.424 bits per heavy atom. The predicted octanol–water partition coefficient (Wildman–Crippen LogP) is 18.2. The predicted molar refractivity (Wildman–Crippen MR) is 287 cm³/mol. The van der Waals surface area contributed by atoms with E-state index in [-0.39, 0.29) is 18.5 Å². The number of aliphatic hydroxyl groups is 2. The van der Waals surface area contributed by atoms with Crippen LogP contribution in [0.3, 0.4) is 0 Å². The number of ether oxygens (including phenoxy) is 1. The molecular formula is C60H115NO5. The second-order valence-corrected chi connectivity index (χ2v) is 20.3. The van der Waals surface area contributed by atoms with E-state index in [4.69, 9.17) is 4.74 Å². The SMILES string of the molecule is CCCCC/C=C\C/C=C\CCCCCCCC(=O)OCCCCCCCCCCCCCCCCCCCCCCCCCCC(=O)NC(CO)C(O)CCCCCCCCCCCC. The van der Waals surface area contributed by atoms with Crippen molar-refractivity contribution in [3.8, 4) is 0 Å². The van der Waals surface area contributed by atoms with Crippen LogP contribution in [0.5, 0.6) is 0 Å². The first kappa shape index (κ1) is 64.3. The molecular weight excluding hydrogens is 815 g/mol. The lowest BCUT2D eigenvalue weighted by Gasteiger charge is -2.22. The van der Waals surface area contributed by atoms with Crippen LogP contribution in [0, 0.1) is 0 Å². The van der Waals surface area contributed by atoms with Crippen LogP contribution in [0.1, 0.15) is 322 Å². The van der Waals surface area contributed by atoms with Crippen LogP contribution in [-0.2, 0) is 14.3 Å². The Bertz CT molecular complexity index is 1030. The van der Waals surface area contributed by atoms with Crippen molar-refractivity contribution in [1.29, 1.82) is 0 Å². The van der Waals surface area contributed by atoms with Crippen molar-refractivity contribution in [1.82, 2.24) is 5.32 Å². The lowest BCUT2D eigenvalue weighted by Crippen LogP contribution is -2.45. The van der Waals surface area contributed by atoms with Crippen LogP contribution >= 0.6 is 0 Å². The summed E-state index contributed by atoms with van der Waals surface area (Å²) in [5.41, 5.74) is 0. The molecule has 2 unspecified atom stereocenters. The topological polar surface area (TPSA) is 95.9 Å². The minimum Gasteiger partial charge on any atom is -0.466 e. The number of esters is 1. The van der Waals surface area contributed by atoms with Gasteiger partial charge in [0, 0.05) is 12.8 Å². The second kappa shape index (κ2) is 55.9. The molecule has 0 saturated carbocycles. The molecule has 0 aromatic heterocycles. The van der Waals surface area contributed by atoms with Gasteiger partial charge in [-0.05, 0) is 57.8 Å². The third kappa shape index (κ3) is 51.7. The van der Waals surface area contributed by atoms with Crippen molar-refractivity contribution in [2.45, 2.75) is 334 Å². The smallest absolute Gasteiger partial charge is 0.305 e. The highest BCUT2D eigenvalue weighted by Crippen LogP contribution is 2.18. The highest BCUT2D eigenvalue weighted by Gasteiger charge is 2.20. The van der Waals surface area contributed by atoms with Gasteiger partial charge in [-0.25, -0.2) is 0 Å². The molecule has 0 aliphatic carbocycles. The number of hydrogen-bond acceptors (Lipinski definition) is 5. The number of rotatable bonds is 55. The van der Waals surface area contributed by atoms with Gasteiger partial charge in [-0.2, -0.15) is 0 Å². The Hall–Kier alpha value is -1.66. The number of carbonyl (C=O) groups is 2. The first-order chi connectivity index (χ1) is 32.5. The number of unbranched alkanes of at least 4 members (excludes halogenated alkanes) is 40. The third-order valence-corrected chi connectivity index (χ3v) is 13.8. The van der Waals surface area contributed by atoms with Gasteiger partial charge in [0.1, 0.15) is 0 Å². The average molecular weight is 931 g/mol. The highest BCUT2D eigenvalue weighted by molar-refractivity contribution is 5.76. The molecule has 0 heterocycles. The van der Waals surface area contributed by atoms with Crippen molar-refractivity contribution in [3.63, 3.8) is 0 Å². The molecule has 0 aromatic carbocycles. The summed E-state index contributed by atoms with van der Waals surface area (Å²) in [5.74, 6) is -0.0334. The molecule has 0 aromatic rings. The molecule has 0 aliphatic heterocycles. The molecule has 0 saturated heterocycles. The van der Waals surface area contributed by atoms with Gasteiger partial charge in [0.05, 0.1) is 25.4 Å². The number of aliphatic hydroxyl groups excluding tert-OH is 2. The highest BCUT2D eigenvalue weighted by atomic mass is 16.5. The number of carbonyl (C=O) groups excluding carboxylic acids is 2. The van der Waals surface area contributed by atoms with Crippen LogP contribution < -0.4 is 5.32 Å². The van der Waals surface area contributed by atoms with Crippen molar-refractivity contribution >= 4 is 11.9 Å². The van der Waals surface area contributed by atoms with E-state index in [1.54, 1.807) is 0 Å². The Kier molecular flexibility index (Phi) is 54.5. The maximum Gasteiger partial charge on any atom is 0.305 e. The molecule has 0 spiro atoms. The van der Waals surface area contributed by atoms with E-state index >= 15 is 0 Å². The fourth-order valence-corrected chi connectivity index (χ4v) is 9.20. The third-order valence-electron chi connectivity index (χ3n) is 13.8. The molecule has 390 valence electrons. The Morgan fingerprint density at radius 2 is 0.758 bits per heavy atom. The molecule has 0 fully saturated rings. The Balaban J connectivity index is 3.34. The van der Waals surface area contributed by atoms with E-state index in [1.807, 2.05) is 0 Å². The molecule has 6 nitrogen and oxygen atoms in total. The van der Waals surface area contributed by atoms with Gasteiger partial charge in [0.15, 0.2) is 0 Å². The molecule has 6 heteroatoms. The molecule has 3 N–H and O–H groups in total. The summed E-state index contributed by atoms with van der Waals surface area (Å²) in [6.07, 6.45) is 67.6. The fourth-order valence-electron chi connectivity index (χ4n) is 9.20. The normalized spacial score (nSPS) is 12.7. The van der Waals surface area contributed by atoms with Crippen LogP contribution in [-0.4, -0.2) is 47.4 Å². The summed E-state index contributed by atoms with van der Waals surface area (Å²) in [5, 5.41) is 23.1. The van der Waals surface area contributed by atoms with Gasteiger partial charge >= 0.3 is 5.97 Å². The summed E-state index contributed by atoms with van der Waals surface area (Å²) >= 11 is 0. The quantitative estimate of drug-likeness (QED) is 0.0321. The van der Waals surface area contributed by atoms with E-state index in [1.165, 1.54) is 238 Å². The Labute approximate surface area is 411 Å². The zero-order chi connectivity index (χ0) is 47.9. The molecule has 0 rings (SSSR count). The molecule has 0 radical (unpaired) electrons. The fraction of sp³-hybridized carbons (Fsp3) is 0.900. The first-order valence-electron chi connectivity index (χ1n) is 29.6. The first-order valence-corrected chi connectivity index (χ1v) is 29.6. The minimum absolute atomic E-state index is 0.00146. The standard InChI is InChI=1S/C60H115NO5/c1-3-5-7-9-11-13-15-16-27-31-34-38-42-46-50-54-60(65)66-55-51-47-43-39-35-32-29-26-24-22-20-18-17-19-21-23-25-28-30-33-37-41-45-49-53-59(64)61-57(56-62)58(63)52-48-44-40-36-14-12-10-8-6-4-2/h11,13,16,27,57-58,62-63H,3-10,12,14-15,17-26,28-56H2,1-2H3,(H,61,64)/b13-11-,27-16-. The summed E-state index contributed by atoms with van der Waals surface area (Å²) in [4.78, 5) is 24.5. The number of amides is 1. The van der Waals surface area contributed by atoms with E-state index in [2.05, 4.69) is 43.5 Å². The minimum atomic E-state index is -0.661. The zero-order valence-corrected chi connectivity index (χ0v) is 44.4. The zero-order valence-electron chi connectivity index (χ0n) is 44.4. The lowest BCUT2D eigenvalue weighted by atomic mass is 10.0. The van der Waals surface area contributed by atoms with Crippen LogP contribution in [0.4, 0.5) is 0 Å². The van der Waals surface area contributed by atoms with Gasteiger partial charge in [-0.3, -0.25) is 9.59 Å². The van der Waals surface area contributed by atoms with Gasteiger partial charge in [0.2, 0.25) is 5.91 Å². The lowest BCUT2D eigenvalue weighted by molar-refractivity contribution is -0.143. The van der Waals surface area contributed by atoms with Gasteiger partial charge in [-0.15, -0.1) is 0 Å². The molecule has 0 aliphatic rings. The number of nitrogens with one attached hydrogen (secondary N) is 1. The summed E-state index contributed by atoms with van der Waals surface area (Å²) in [7, 11) is 0. The van der Waals surface area contributed by atoms with E-state index in [9.17, 15) is 19.8 Å². The van der Waals surface area contributed by atoms with Crippen LogP contribution in [0.25, 0.3) is 0 Å². The summed E-state index contributed by atoms with van der Waals surface area (Å²) < 4.78 is 5.48. The van der Waals surface area contributed by atoms with Gasteiger partial charge in [-0.1, -0.05) is 276 Å². The van der Waals surface area contributed by atoms with Crippen LogP contribution in [0.15, 0.2) is 24.3 Å². The average Bonchev–Trinajstić information content (AvgIpc) is 3.32. The van der Waals surface area contributed by atoms with Crippen molar-refractivity contribution < 1.29 is 24.5 Å². The summed E-state index contributed by atoms with van der Waals surface area (Å²) in [6.45, 7) is 4.92. The van der Waals surface area contributed by atoms with E-state index < -0.39 is 12.1 Å². The monoisotopic (exact) mass is 930 g/mol. The number of hydrogen-bond donors (Lipinski definition) is 3.